The van der Waals surface area contributed by atoms with Crippen LogP contribution < -0.4 is 5.32 Å². The third kappa shape index (κ3) is 3.94. The fraction of sp³-hybridized carbons (Fsp3) is 0.182. The van der Waals surface area contributed by atoms with Crippen LogP contribution in [0.15, 0.2) is 66.0 Å². The monoisotopic (exact) mass is 392 g/mol. The van der Waals surface area contributed by atoms with Crippen molar-refractivity contribution in [3.05, 3.63) is 76.5 Å². The first-order valence-electron chi connectivity index (χ1n) is 9.00. The van der Waals surface area contributed by atoms with Crippen LogP contribution in [0.1, 0.15) is 29.7 Å². The average Bonchev–Trinajstić information content (AvgIpc) is 3.37. The van der Waals surface area contributed by atoms with Gasteiger partial charge in [-0.1, -0.05) is 49.4 Å². The number of aromatic nitrogens is 1. The summed E-state index contributed by atoms with van der Waals surface area (Å²) in [5.41, 5.74) is 3.17. The molecule has 0 spiro atoms. The number of fused-ring (bicyclic) bond motifs is 1. The molecule has 2 aromatic carbocycles. The number of benzene rings is 2. The first-order chi connectivity index (χ1) is 13.2. The number of nitrogens with one attached hydrogen (secondary N) is 1. The van der Waals surface area contributed by atoms with Crippen molar-refractivity contribution in [2.24, 2.45) is 0 Å². The molecule has 0 radical (unpaired) electrons. The van der Waals surface area contributed by atoms with Crippen LogP contribution in [-0.4, -0.2) is 10.9 Å². The van der Waals surface area contributed by atoms with Gasteiger partial charge in [-0.05, 0) is 35.6 Å². The predicted octanol–water partition coefficient (Wildman–Crippen LogP) is 5.83. The van der Waals surface area contributed by atoms with Crippen LogP contribution >= 0.6 is 22.7 Å². The minimum absolute atomic E-state index is 0.0821. The molecule has 4 aromatic rings. The molecule has 0 saturated heterocycles. The molecule has 1 unspecified atom stereocenters. The zero-order valence-corrected chi connectivity index (χ0v) is 16.6. The van der Waals surface area contributed by atoms with E-state index in [0.717, 1.165) is 28.1 Å². The Morgan fingerprint density at radius 1 is 1.07 bits per heavy atom. The third-order valence-electron chi connectivity index (χ3n) is 4.60. The summed E-state index contributed by atoms with van der Waals surface area (Å²) in [6.45, 7) is 2.65. The summed E-state index contributed by atoms with van der Waals surface area (Å²) in [6.07, 6.45) is 0.775. The third-order valence-corrected chi connectivity index (χ3v) is 6.56. The van der Waals surface area contributed by atoms with E-state index < -0.39 is 0 Å². The highest BCUT2D eigenvalue weighted by Gasteiger charge is 2.19. The van der Waals surface area contributed by atoms with Gasteiger partial charge in [0.25, 0.3) is 0 Å². The number of thiophene rings is 1. The Kier molecular flexibility index (Phi) is 5.32. The van der Waals surface area contributed by atoms with Crippen LogP contribution in [0.25, 0.3) is 20.8 Å². The Bertz CT molecular complexity index is 1000. The molecule has 0 aliphatic heterocycles. The molecular weight excluding hydrogens is 372 g/mol. The molecule has 0 saturated carbocycles. The molecule has 0 aliphatic carbocycles. The molecule has 2 aromatic heterocycles. The molecule has 136 valence electrons. The number of nitrogens with zero attached hydrogens (tertiary/aromatic N) is 1. The standard InChI is InChI=1S/C22H20N2OS2/c1-2-18(21(25)23-14-17-6-5-13-26-17)15-9-11-16(12-10-15)22-24-19-7-3-4-8-20(19)27-22/h3-13,18H,2,14H2,1H3,(H,23,25). The van der Waals surface area contributed by atoms with Gasteiger partial charge in [-0.3, -0.25) is 4.79 Å². The number of hydrogen-bond acceptors (Lipinski definition) is 4. The number of para-hydroxylation sites is 1. The molecule has 3 nitrogen and oxygen atoms in total. The van der Waals surface area contributed by atoms with Gasteiger partial charge in [-0.25, -0.2) is 4.98 Å². The van der Waals surface area contributed by atoms with Gasteiger partial charge in [0.2, 0.25) is 5.91 Å². The Balaban J connectivity index is 1.50. The number of rotatable bonds is 6. The van der Waals surface area contributed by atoms with Gasteiger partial charge in [-0.2, -0.15) is 0 Å². The van der Waals surface area contributed by atoms with Crippen LogP contribution in [0.2, 0.25) is 0 Å². The molecular formula is C22H20N2OS2. The quantitative estimate of drug-likeness (QED) is 0.448. The van der Waals surface area contributed by atoms with Gasteiger partial charge < -0.3 is 5.32 Å². The van der Waals surface area contributed by atoms with Crippen molar-refractivity contribution in [3.8, 4) is 10.6 Å². The zero-order valence-electron chi connectivity index (χ0n) is 15.0. The highest BCUT2D eigenvalue weighted by molar-refractivity contribution is 7.21. The van der Waals surface area contributed by atoms with Crippen LogP contribution in [0.5, 0.6) is 0 Å². The molecule has 0 bridgehead atoms. The number of amides is 1. The molecule has 4 rings (SSSR count). The number of carbonyl (C=O) groups is 1. The minimum atomic E-state index is -0.130. The van der Waals surface area contributed by atoms with Crippen molar-refractivity contribution in [1.29, 1.82) is 0 Å². The predicted molar refractivity (Wildman–Crippen MR) is 114 cm³/mol. The first kappa shape index (κ1) is 17.9. The van der Waals surface area contributed by atoms with E-state index in [-0.39, 0.29) is 11.8 Å². The van der Waals surface area contributed by atoms with Crippen LogP contribution in [0.4, 0.5) is 0 Å². The van der Waals surface area contributed by atoms with E-state index in [1.54, 1.807) is 22.7 Å². The van der Waals surface area contributed by atoms with Gasteiger partial charge in [0.1, 0.15) is 5.01 Å². The van der Waals surface area contributed by atoms with E-state index in [9.17, 15) is 4.79 Å². The Labute approximate surface area is 166 Å². The first-order valence-corrected chi connectivity index (χ1v) is 10.7. The summed E-state index contributed by atoms with van der Waals surface area (Å²) in [6, 6.07) is 20.5. The maximum absolute atomic E-state index is 12.6. The van der Waals surface area contributed by atoms with Crippen molar-refractivity contribution < 1.29 is 4.79 Å². The second-order valence-electron chi connectivity index (χ2n) is 6.37. The van der Waals surface area contributed by atoms with Crippen LogP contribution in [0, 0.1) is 0 Å². The Hall–Kier alpha value is -2.50. The van der Waals surface area contributed by atoms with Crippen molar-refractivity contribution >= 4 is 38.8 Å². The number of thiazole rings is 1. The SMILES string of the molecule is CCC(C(=O)NCc1cccs1)c1ccc(-c2nc3ccccc3s2)cc1. The molecule has 1 atom stereocenters. The minimum Gasteiger partial charge on any atom is -0.351 e. The molecule has 0 fully saturated rings. The summed E-state index contributed by atoms with van der Waals surface area (Å²) < 4.78 is 1.19. The summed E-state index contributed by atoms with van der Waals surface area (Å²) in [4.78, 5) is 18.5. The highest BCUT2D eigenvalue weighted by Crippen LogP contribution is 2.31. The van der Waals surface area contributed by atoms with Gasteiger partial charge in [0.05, 0.1) is 22.7 Å². The maximum Gasteiger partial charge on any atom is 0.227 e. The van der Waals surface area contributed by atoms with Gasteiger partial charge in [-0.15, -0.1) is 22.7 Å². The fourth-order valence-corrected chi connectivity index (χ4v) is 4.75. The Morgan fingerprint density at radius 2 is 1.89 bits per heavy atom. The van der Waals surface area contributed by atoms with Crippen LogP contribution in [-0.2, 0) is 11.3 Å². The maximum atomic E-state index is 12.6. The Morgan fingerprint density at radius 3 is 2.59 bits per heavy atom. The van der Waals surface area contributed by atoms with Crippen molar-refractivity contribution in [3.63, 3.8) is 0 Å². The lowest BCUT2D eigenvalue weighted by atomic mass is 9.94. The van der Waals surface area contributed by atoms with Gasteiger partial charge in [0.15, 0.2) is 0 Å². The summed E-state index contributed by atoms with van der Waals surface area (Å²) in [5, 5.41) is 6.10. The van der Waals surface area contributed by atoms with Crippen LogP contribution in [0.3, 0.4) is 0 Å². The van der Waals surface area contributed by atoms with Crippen molar-refractivity contribution in [1.82, 2.24) is 10.3 Å². The smallest absolute Gasteiger partial charge is 0.227 e. The number of carbonyl (C=O) groups excluding carboxylic acids is 1. The summed E-state index contributed by atoms with van der Waals surface area (Å²) in [7, 11) is 0. The second kappa shape index (κ2) is 8.03. The largest absolute Gasteiger partial charge is 0.351 e. The van der Waals surface area contributed by atoms with E-state index in [1.807, 2.05) is 35.7 Å². The molecule has 1 N–H and O–H groups in total. The molecule has 27 heavy (non-hydrogen) atoms. The molecule has 0 aliphatic rings. The fourth-order valence-electron chi connectivity index (χ4n) is 3.14. The van der Waals surface area contributed by atoms with E-state index in [0.29, 0.717) is 6.54 Å². The topological polar surface area (TPSA) is 42.0 Å². The number of hydrogen-bond donors (Lipinski definition) is 1. The second-order valence-corrected chi connectivity index (χ2v) is 8.43. The normalized spacial score (nSPS) is 12.2. The lowest BCUT2D eigenvalue weighted by Gasteiger charge is -2.15. The van der Waals surface area contributed by atoms with Crippen molar-refractivity contribution in [2.75, 3.05) is 0 Å². The van der Waals surface area contributed by atoms with E-state index in [1.165, 1.54) is 9.58 Å². The van der Waals surface area contributed by atoms with E-state index in [2.05, 4.69) is 42.6 Å². The lowest BCUT2D eigenvalue weighted by molar-refractivity contribution is -0.122. The summed E-state index contributed by atoms with van der Waals surface area (Å²) in [5.74, 6) is -0.0481. The molecule has 2 heterocycles. The molecule has 1 amide bonds. The highest BCUT2D eigenvalue weighted by atomic mass is 32.1. The molecule has 5 heteroatoms. The van der Waals surface area contributed by atoms with Gasteiger partial charge >= 0.3 is 0 Å². The van der Waals surface area contributed by atoms with Gasteiger partial charge in [0, 0.05) is 10.4 Å². The zero-order chi connectivity index (χ0) is 18.6. The lowest BCUT2D eigenvalue weighted by Crippen LogP contribution is -2.28. The van der Waals surface area contributed by atoms with Crippen molar-refractivity contribution in [2.45, 2.75) is 25.8 Å². The summed E-state index contributed by atoms with van der Waals surface area (Å²) >= 11 is 3.35. The van der Waals surface area contributed by atoms with E-state index in [4.69, 9.17) is 4.98 Å². The van der Waals surface area contributed by atoms with E-state index >= 15 is 0 Å². The average molecular weight is 393 g/mol.